The maximum atomic E-state index is 5.40. The first kappa shape index (κ1) is 14.8. The summed E-state index contributed by atoms with van der Waals surface area (Å²) in [5.74, 6) is 0.771. The topological polar surface area (TPSA) is 37.4 Å². The molecule has 3 rings (SSSR count). The van der Waals surface area contributed by atoms with Crippen molar-refractivity contribution in [3.8, 4) is 5.88 Å². The molecule has 1 aromatic heterocycles. The third-order valence-electron chi connectivity index (χ3n) is 4.93. The van der Waals surface area contributed by atoms with Crippen LogP contribution in [0.25, 0.3) is 0 Å². The molecule has 4 heteroatoms. The fraction of sp³-hybridized carbons (Fsp3) is 0.706. The molecule has 116 valence electrons. The average Bonchev–Trinajstić information content (AvgIpc) is 2.71. The SMILES string of the molecule is COc1ncccc1CN1CCCNC2(CCCCC2)C1. The summed E-state index contributed by atoms with van der Waals surface area (Å²) in [5.41, 5.74) is 1.55. The first-order chi connectivity index (χ1) is 10.3. The average molecular weight is 289 g/mol. The molecule has 1 aliphatic heterocycles. The van der Waals surface area contributed by atoms with E-state index >= 15 is 0 Å². The van der Waals surface area contributed by atoms with Gasteiger partial charge in [-0.2, -0.15) is 0 Å². The fourth-order valence-corrected chi connectivity index (χ4v) is 3.89. The maximum Gasteiger partial charge on any atom is 0.217 e. The predicted molar refractivity (Wildman–Crippen MR) is 84.5 cm³/mol. The molecular weight excluding hydrogens is 262 g/mol. The van der Waals surface area contributed by atoms with E-state index in [0.29, 0.717) is 5.54 Å². The van der Waals surface area contributed by atoms with Crippen molar-refractivity contribution >= 4 is 0 Å². The highest BCUT2D eigenvalue weighted by Crippen LogP contribution is 2.31. The zero-order chi connectivity index (χ0) is 14.5. The van der Waals surface area contributed by atoms with Gasteiger partial charge in [0.1, 0.15) is 0 Å². The fourth-order valence-electron chi connectivity index (χ4n) is 3.89. The summed E-state index contributed by atoms with van der Waals surface area (Å²) in [6, 6.07) is 4.14. The Morgan fingerprint density at radius 3 is 2.95 bits per heavy atom. The van der Waals surface area contributed by atoms with Crippen molar-refractivity contribution < 1.29 is 4.74 Å². The van der Waals surface area contributed by atoms with Crippen LogP contribution in [-0.2, 0) is 6.54 Å². The Bertz CT molecular complexity index is 457. The minimum absolute atomic E-state index is 0.351. The van der Waals surface area contributed by atoms with Crippen LogP contribution in [0, 0.1) is 0 Å². The molecule has 4 nitrogen and oxygen atoms in total. The molecule has 0 bridgehead atoms. The van der Waals surface area contributed by atoms with Crippen molar-refractivity contribution in [1.82, 2.24) is 15.2 Å². The van der Waals surface area contributed by atoms with Gasteiger partial charge in [-0.05, 0) is 38.4 Å². The van der Waals surface area contributed by atoms with Crippen LogP contribution in [0.5, 0.6) is 5.88 Å². The van der Waals surface area contributed by atoms with Crippen molar-refractivity contribution in [2.75, 3.05) is 26.7 Å². The van der Waals surface area contributed by atoms with Gasteiger partial charge in [-0.25, -0.2) is 4.98 Å². The van der Waals surface area contributed by atoms with E-state index in [2.05, 4.69) is 21.3 Å². The summed E-state index contributed by atoms with van der Waals surface area (Å²) in [6.45, 7) is 4.42. The maximum absolute atomic E-state index is 5.40. The summed E-state index contributed by atoms with van der Waals surface area (Å²) < 4.78 is 5.40. The molecule has 2 aliphatic rings. The number of methoxy groups -OCH3 is 1. The second-order valence-corrected chi connectivity index (χ2v) is 6.50. The van der Waals surface area contributed by atoms with Gasteiger partial charge in [0.15, 0.2) is 0 Å². The van der Waals surface area contributed by atoms with Gasteiger partial charge in [0.05, 0.1) is 7.11 Å². The van der Waals surface area contributed by atoms with Crippen molar-refractivity contribution in [3.05, 3.63) is 23.9 Å². The van der Waals surface area contributed by atoms with E-state index in [9.17, 15) is 0 Å². The Labute approximate surface area is 127 Å². The van der Waals surface area contributed by atoms with Crippen molar-refractivity contribution in [2.45, 2.75) is 50.6 Å². The Balaban J connectivity index is 1.71. The number of hydrogen-bond donors (Lipinski definition) is 1. The molecule has 0 radical (unpaired) electrons. The zero-order valence-corrected chi connectivity index (χ0v) is 13.1. The molecule has 1 saturated carbocycles. The Morgan fingerprint density at radius 1 is 1.29 bits per heavy atom. The second-order valence-electron chi connectivity index (χ2n) is 6.50. The van der Waals surface area contributed by atoms with E-state index in [-0.39, 0.29) is 0 Å². The highest BCUT2D eigenvalue weighted by Gasteiger charge is 2.34. The van der Waals surface area contributed by atoms with Crippen LogP contribution < -0.4 is 10.1 Å². The van der Waals surface area contributed by atoms with E-state index in [1.54, 1.807) is 13.3 Å². The molecular formula is C17H27N3O. The standard InChI is InChI=1S/C17H27N3O/c1-21-16-15(7-5-10-18-16)13-20-12-6-11-19-17(14-20)8-3-2-4-9-17/h5,7,10,19H,2-4,6,8-9,11-14H2,1H3. The van der Waals surface area contributed by atoms with Gasteiger partial charge in [-0.15, -0.1) is 0 Å². The number of ether oxygens (including phenoxy) is 1. The first-order valence-corrected chi connectivity index (χ1v) is 8.27. The van der Waals surface area contributed by atoms with E-state index < -0.39 is 0 Å². The molecule has 21 heavy (non-hydrogen) atoms. The predicted octanol–water partition coefficient (Wildman–Crippen LogP) is 2.59. The van der Waals surface area contributed by atoms with E-state index in [0.717, 1.165) is 32.1 Å². The van der Waals surface area contributed by atoms with Gasteiger partial charge in [-0.3, -0.25) is 4.90 Å². The summed E-state index contributed by atoms with van der Waals surface area (Å²) >= 11 is 0. The molecule has 2 fully saturated rings. The second kappa shape index (κ2) is 6.75. The lowest BCUT2D eigenvalue weighted by Gasteiger charge is -2.40. The van der Waals surface area contributed by atoms with Crippen LogP contribution >= 0.6 is 0 Å². The minimum atomic E-state index is 0.351. The van der Waals surface area contributed by atoms with Crippen molar-refractivity contribution in [1.29, 1.82) is 0 Å². The third-order valence-corrected chi connectivity index (χ3v) is 4.93. The summed E-state index contributed by atoms with van der Waals surface area (Å²) in [6.07, 6.45) is 9.83. The normalized spacial score (nSPS) is 22.9. The molecule has 1 N–H and O–H groups in total. The highest BCUT2D eigenvalue weighted by atomic mass is 16.5. The van der Waals surface area contributed by atoms with Crippen LogP contribution in [0.1, 0.15) is 44.1 Å². The van der Waals surface area contributed by atoms with Crippen LogP contribution in [-0.4, -0.2) is 42.2 Å². The van der Waals surface area contributed by atoms with E-state index in [1.165, 1.54) is 44.1 Å². The van der Waals surface area contributed by atoms with Gasteiger partial charge >= 0.3 is 0 Å². The highest BCUT2D eigenvalue weighted by molar-refractivity contribution is 5.25. The van der Waals surface area contributed by atoms with Gasteiger partial charge in [0.2, 0.25) is 5.88 Å². The zero-order valence-electron chi connectivity index (χ0n) is 13.1. The molecule has 2 heterocycles. The van der Waals surface area contributed by atoms with Gasteiger partial charge in [-0.1, -0.05) is 25.3 Å². The van der Waals surface area contributed by atoms with Gasteiger partial charge in [0.25, 0.3) is 0 Å². The summed E-state index contributed by atoms with van der Waals surface area (Å²) in [4.78, 5) is 6.91. The number of nitrogens with one attached hydrogen (secondary N) is 1. The number of pyridine rings is 1. The molecule has 1 spiro atoms. The monoisotopic (exact) mass is 289 g/mol. The summed E-state index contributed by atoms with van der Waals surface area (Å²) in [7, 11) is 1.71. The first-order valence-electron chi connectivity index (χ1n) is 8.27. The third kappa shape index (κ3) is 3.55. The lowest BCUT2D eigenvalue weighted by atomic mass is 9.81. The van der Waals surface area contributed by atoms with Crippen LogP contribution in [0.15, 0.2) is 18.3 Å². The Kier molecular flexibility index (Phi) is 4.76. The Hall–Kier alpha value is -1.13. The minimum Gasteiger partial charge on any atom is -0.481 e. The largest absolute Gasteiger partial charge is 0.481 e. The summed E-state index contributed by atoms with van der Waals surface area (Å²) in [5, 5.41) is 3.85. The van der Waals surface area contributed by atoms with Gasteiger partial charge < -0.3 is 10.1 Å². The van der Waals surface area contributed by atoms with E-state index in [1.807, 2.05) is 6.07 Å². The molecule has 0 aromatic carbocycles. The number of aromatic nitrogens is 1. The lowest BCUT2D eigenvalue weighted by Crippen LogP contribution is -2.52. The Morgan fingerprint density at radius 2 is 2.14 bits per heavy atom. The molecule has 0 unspecified atom stereocenters. The molecule has 0 atom stereocenters. The molecule has 0 amide bonds. The number of nitrogens with zero attached hydrogens (tertiary/aromatic N) is 2. The quantitative estimate of drug-likeness (QED) is 0.928. The van der Waals surface area contributed by atoms with Crippen molar-refractivity contribution in [2.24, 2.45) is 0 Å². The van der Waals surface area contributed by atoms with Crippen LogP contribution in [0.3, 0.4) is 0 Å². The molecule has 1 saturated heterocycles. The van der Waals surface area contributed by atoms with E-state index in [4.69, 9.17) is 4.74 Å². The molecule has 1 aliphatic carbocycles. The molecule has 1 aromatic rings. The smallest absolute Gasteiger partial charge is 0.217 e. The lowest BCUT2D eigenvalue weighted by molar-refractivity contribution is 0.158. The van der Waals surface area contributed by atoms with Gasteiger partial charge in [0, 0.05) is 30.4 Å². The van der Waals surface area contributed by atoms with Crippen LogP contribution in [0.2, 0.25) is 0 Å². The number of hydrogen-bond acceptors (Lipinski definition) is 4. The van der Waals surface area contributed by atoms with Crippen molar-refractivity contribution in [3.63, 3.8) is 0 Å². The van der Waals surface area contributed by atoms with Crippen LogP contribution in [0.4, 0.5) is 0 Å². The number of rotatable bonds is 3.